The van der Waals surface area contributed by atoms with Gasteiger partial charge in [0.25, 0.3) is 0 Å². The minimum atomic E-state index is -5.72. The predicted molar refractivity (Wildman–Crippen MR) is 86.4 cm³/mol. The van der Waals surface area contributed by atoms with E-state index in [2.05, 4.69) is 20.4 Å². The van der Waals surface area contributed by atoms with Gasteiger partial charge < -0.3 is 20.5 Å². The first-order valence-electron chi connectivity index (χ1n) is 7.94. The lowest BCUT2D eigenvalue weighted by atomic mass is 9.89. The van der Waals surface area contributed by atoms with E-state index in [1.54, 1.807) is 20.8 Å². The van der Waals surface area contributed by atoms with Crippen LogP contribution in [0, 0.1) is 5.41 Å². The van der Waals surface area contributed by atoms with E-state index in [1.165, 1.54) is 6.07 Å². The molecule has 6 nitrogen and oxygen atoms in total. The molecule has 1 aromatic rings. The summed E-state index contributed by atoms with van der Waals surface area (Å²) in [5.74, 6) is -5.43. The van der Waals surface area contributed by atoms with E-state index in [1.807, 2.05) is 0 Å². The molecule has 2 amide bonds. The predicted octanol–water partition coefficient (Wildman–Crippen LogP) is 2.86. The molecule has 1 atom stereocenters. The van der Waals surface area contributed by atoms with Crippen LogP contribution in [0.25, 0.3) is 0 Å². The minimum Gasteiger partial charge on any atom is -0.471 e. The summed E-state index contributed by atoms with van der Waals surface area (Å²) in [6.45, 7) is 3.48. The summed E-state index contributed by atoms with van der Waals surface area (Å²) in [5.41, 5.74) is -0.0369. The number of nitrogens with zero attached hydrogens (tertiary/aromatic N) is 1. The summed E-state index contributed by atoms with van der Waals surface area (Å²) in [6, 6.07) is 1.98. The number of urea groups is 1. The Morgan fingerprint density at radius 2 is 1.85 bits per heavy atom. The number of hydrogen-bond acceptors (Lipinski definition) is 4. The molecular weight excluding hydrogens is 377 g/mol. The van der Waals surface area contributed by atoms with Crippen molar-refractivity contribution >= 4 is 6.03 Å². The van der Waals surface area contributed by atoms with Crippen molar-refractivity contribution in [1.29, 1.82) is 0 Å². The van der Waals surface area contributed by atoms with Crippen molar-refractivity contribution in [3.63, 3.8) is 0 Å². The highest BCUT2D eigenvalue weighted by atomic mass is 19.4. The molecule has 27 heavy (non-hydrogen) atoms. The highest BCUT2D eigenvalue weighted by molar-refractivity contribution is 5.73. The second kappa shape index (κ2) is 8.68. The van der Waals surface area contributed by atoms with Crippen LogP contribution in [0.15, 0.2) is 18.3 Å². The third-order valence-electron chi connectivity index (χ3n) is 3.52. The summed E-state index contributed by atoms with van der Waals surface area (Å²) in [5, 5.41) is 14.8. The van der Waals surface area contributed by atoms with Gasteiger partial charge in [-0.1, -0.05) is 20.8 Å². The normalized spacial score (nSPS) is 13.8. The molecule has 3 N–H and O–H groups in total. The van der Waals surface area contributed by atoms with Gasteiger partial charge in [-0.2, -0.15) is 22.0 Å². The van der Waals surface area contributed by atoms with Crippen LogP contribution in [0.2, 0.25) is 0 Å². The maximum absolute atomic E-state index is 12.8. The summed E-state index contributed by atoms with van der Waals surface area (Å²) < 4.78 is 66.4. The molecule has 0 saturated heterocycles. The maximum atomic E-state index is 12.8. The Morgan fingerprint density at radius 3 is 2.41 bits per heavy atom. The number of aliphatic hydroxyl groups excluding tert-OH is 1. The number of halogens is 5. The van der Waals surface area contributed by atoms with Gasteiger partial charge in [-0.3, -0.25) is 0 Å². The average Bonchev–Trinajstić information content (AvgIpc) is 2.54. The Bertz CT molecular complexity index is 632. The molecule has 0 aliphatic heterocycles. The zero-order chi connectivity index (χ0) is 20.9. The molecule has 0 aliphatic carbocycles. The monoisotopic (exact) mass is 399 g/mol. The fourth-order valence-electron chi connectivity index (χ4n) is 1.63. The van der Waals surface area contributed by atoms with Crippen LogP contribution in [0.5, 0.6) is 5.88 Å². The van der Waals surface area contributed by atoms with Crippen LogP contribution in [0.4, 0.5) is 26.7 Å². The summed E-state index contributed by atoms with van der Waals surface area (Å²) in [6.07, 6.45) is -5.33. The van der Waals surface area contributed by atoms with E-state index in [0.29, 0.717) is 5.56 Å². The lowest BCUT2D eigenvalue weighted by Crippen LogP contribution is -2.43. The van der Waals surface area contributed by atoms with E-state index in [9.17, 15) is 31.9 Å². The zero-order valence-electron chi connectivity index (χ0n) is 15.0. The Balaban J connectivity index is 2.52. The van der Waals surface area contributed by atoms with E-state index >= 15 is 0 Å². The maximum Gasteiger partial charge on any atom is 0.456 e. The molecule has 0 fully saturated rings. The number of rotatable bonds is 7. The van der Waals surface area contributed by atoms with Crippen molar-refractivity contribution in [3.8, 4) is 5.88 Å². The van der Waals surface area contributed by atoms with Gasteiger partial charge in [-0.05, 0) is 17.0 Å². The lowest BCUT2D eigenvalue weighted by molar-refractivity contribution is -0.290. The highest BCUT2D eigenvalue weighted by Crippen LogP contribution is 2.35. The third kappa shape index (κ3) is 7.53. The smallest absolute Gasteiger partial charge is 0.456 e. The first-order valence-corrected chi connectivity index (χ1v) is 7.94. The highest BCUT2D eigenvalue weighted by Gasteiger charge is 2.58. The Labute approximate surface area is 153 Å². The van der Waals surface area contributed by atoms with Crippen molar-refractivity contribution in [3.05, 3.63) is 23.9 Å². The fourth-order valence-corrected chi connectivity index (χ4v) is 1.63. The second-order valence-corrected chi connectivity index (χ2v) is 6.94. The molecule has 1 rings (SSSR count). The first-order chi connectivity index (χ1) is 12.2. The molecule has 154 valence electrons. The molecule has 11 heteroatoms. The number of carbonyl (C=O) groups excluding carboxylic acids is 1. The fraction of sp³-hybridized carbons (Fsp3) is 0.625. The van der Waals surface area contributed by atoms with E-state index in [4.69, 9.17) is 0 Å². The standard InChI is InChI=1S/C16H22F5N3O3/c1-14(2,3)11(25)8-24-13(26)23-7-10-4-5-22-12(6-10)27-9-15(17,18)16(19,20)21/h4-6,11,25H,7-9H2,1-3H3,(H2,23,24,26). The molecule has 0 bridgehead atoms. The minimum absolute atomic E-state index is 0.0204. The van der Waals surface area contributed by atoms with Gasteiger partial charge >= 0.3 is 18.1 Å². The van der Waals surface area contributed by atoms with E-state index < -0.39 is 42.1 Å². The van der Waals surface area contributed by atoms with Crippen LogP contribution in [-0.2, 0) is 6.54 Å². The van der Waals surface area contributed by atoms with Gasteiger partial charge in [0.05, 0.1) is 6.10 Å². The van der Waals surface area contributed by atoms with Crippen molar-refractivity contribution in [1.82, 2.24) is 15.6 Å². The molecule has 1 unspecified atom stereocenters. The first kappa shape index (κ1) is 22.9. The van der Waals surface area contributed by atoms with Crippen molar-refractivity contribution in [2.45, 2.75) is 45.5 Å². The molecule has 0 spiro atoms. The van der Waals surface area contributed by atoms with Crippen LogP contribution in [0.3, 0.4) is 0 Å². The van der Waals surface area contributed by atoms with Crippen molar-refractivity contribution in [2.75, 3.05) is 13.2 Å². The number of alkyl halides is 5. The van der Waals surface area contributed by atoms with Crippen LogP contribution >= 0.6 is 0 Å². The lowest BCUT2D eigenvalue weighted by Gasteiger charge is -2.25. The van der Waals surface area contributed by atoms with Gasteiger partial charge in [-0.25, -0.2) is 9.78 Å². The second-order valence-electron chi connectivity index (χ2n) is 6.94. The molecule has 0 aliphatic rings. The number of nitrogens with one attached hydrogen (secondary N) is 2. The SMILES string of the molecule is CC(C)(C)C(O)CNC(=O)NCc1ccnc(OCC(F)(F)C(F)(F)F)c1. The average molecular weight is 399 g/mol. The zero-order valence-corrected chi connectivity index (χ0v) is 15.0. The summed E-state index contributed by atoms with van der Waals surface area (Å²) in [7, 11) is 0. The van der Waals surface area contributed by atoms with Crippen LogP contribution < -0.4 is 15.4 Å². The number of amides is 2. The van der Waals surface area contributed by atoms with Crippen molar-refractivity contribution in [2.24, 2.45) is 5.41 Å². The topological polar surface area (TPSA) is 83.5 Å². The molecular formula is C16H22F5N3O3. The number of ether oxygens (including phenoxy) is 1. The van der Waals surface area contributed by atoms with Gasteiger partial charge in [0.1, 0.15) is 0 Å². The summed E-state index contributed by atoms with van der Waals surface area (Å²) >= 11 is 0. The Morgan fingerprint density at radius 1 is 1.22 bits per heavy atom. The van der Waals surface area contributed by atoms with Gasteiger partial charge in [-0.15, -0.1) is 0 Å². The number of pyridine rings is 1. The number of aromatic nitrogens is 1. The summed E-state index contributed by atoms with van der Waals surface area (Å²) in [4.78, 5) is 15.2. The molecule has 1 aromatic heterocycles. The molecule has 0 aromatic carbocycles. The third-order valence-corrected chi connectivity index (χ3v) is 3.52. The van der Waals surface area contributed by atoms with Gasteiger partial charge in [0, 0.05) is 25.4 Å². The Hall–Kier alpha value is -2.17. The molecule has 1 heterocycles. The van der Waals surface area contributed by atoms with E-state index in [-0.39, 0.29) is 13.1 Å². The number of hydrogen-bond donors (Lipinski definition) is 3. The molecule has 0 saturated carbocycles. The molecule has 0 radical (unpaired) electrons. The largest absolute Gasteiger partial charge is 0.471 e. The van der Waals surface area contributed by atoms with Gasteiger partial charge in [0.15, 0.2) is 6.61 Å². The van der Waals surface area contributed by atoms with Crippen LogP contribution in [-0.4, -0.2) is 47.5 Å². The van der Waals surface area contributed by atoms with Gasteiger partial charge in [0.2, 0.25) is 5.88 Å². The van der Waals surface area contributed by atoms with Crippen LogP contribution in [0.1, 0.15) is 26.3 Å². The Kier molecular flexibility index (Phi) is 7.35. The quantitative estimate of drug-likeness (QED) is 0.616. The number of aliphatic hydroxyl groups is 1. The van der Waals surface area contributed by atoms with Crippen molar-refractivity contribution < 1.29 is 36.6 Å². The van der Waals surface area contributed by atoms with E-state index in [0.717, 1.165) is 12.3 Å². The number of carbonyl (C=O) groups is 1.